The fourth-order valence-corrected chi connectivity index (χ4v) is 5.55. The molecule has 0 bridgehead atoms. The van der Waals surface area contributed by atoms with Gasteiger partial charge < -0.3 is 9.64 Å². The topological polar surface area (TPSA) is 66.9 Å². The van der Waals surface area contributed by atoms with E-state index in [2.05, 4.69) is 0 Å². The molecule has 30 heavy (non-hydrogen) atoms. The van der Waals surface area contributed by atoms with Crippen LogP contribution in [0.3, 0.4) is 0 Å². The summed E-state index contributed by atoms with van der Waals surface area (Å²) in [5.74, 6) is -0.0294. The molecule has 0 spiro atoms. The van der Waals surface area contributed by atoms with E-state index < -0.39 is 10.0 Å². The lowest BCUT2D eigenvalue weighted by Gasteiger charge is -2.22. The van der Waals surface area contributed by atoms with Crippen LogP contribution >= 0.6 is 11.6 Å². The van der Waals surface area contributed by atoms with Crippen molar-refractivity contribution in [1.29, 1.82) is 0 Å². The van der Waals surface area contributed by atoms with E-state index in [0.717, 1.165) is 31.2 Å². The Hall–Kier alpha value is -2.09. The van der Waals surface area contributed by atoms with E-state index in [1.54, 1.807) is 31.3 Å². The number of benzene rings is 2. The number of rotatable bonds is 6. The third kappa shape index (κ3) is 5.14. The van der Waals surface area contributed by atoms with Gasteiger partial charge >= 0.3 is 0 Å². The van der Waals surface area contributed by atoms with Gasteiger partial charge in [-0.25, -0.2) is 8.42 Å². The molecule has 0 aromatic heterocycles. The lowest BCUT2D eigenvalue weighted by Crippen LogP contribution is -2.32. The van der Waals surface area contributed by atoms with Gasteiger partial charge in [-0.05, 0) is 48.7 Å². The molecule has 1 saturated heterocycles. The first kappa shape index (κ1) is 22.6. The van der Waals surface area contributed by atoms with Crippen LogP contribution in [-0.2, 0) is 16.6 Å². The number of methoxy groups -OCH3 is 1. The van der Waals surface area contributed by atoms with Crippen LogP contribution in [0.15, 0.2) is 47.4 Å². The number of hydrogen-bond acceptors (Lipinski definition) is 4. The maximum absolute atomic E-state index is 13.3. The van der Waals surface area contributed by atoms with Crippen LogP contribution in [0.25, 0.3) is 0 Å². The third-order valence-electron chi connectivity index (χ3n) is 5.25. The fraction of sp³-hybridized carbons (Fsp3) is 0.409. The first-order chi connectivity index (χ1) is 14.3. The number of halogens is 1. The van der Waals surface area contributed by atoms with Crippen LogP contribution in [0.1, 0.15) is 41.6 Å². The zero-order chi connectivity index (χ0) is 21.7. The largest absolute Gasteiger partial charge is 0.495 e. The molecule has 162 valence electrons. The Bertz CT molecular complexity index is 1000. The molecule has 1 aliphatic heterocycles. The van der Waals surface area contributed by atoms with Gasteiger partial charge in [-0.3, -0.25) is 4.79 Å². The van der Waals surface area contributed by atoms with Crippen LogP contribution < -0.4 is 4.74 Å². The molecular formula is C22H27ClN2O4S. The van der Waals surface area contributed by atoms with Gasteiger partial charge in [-0.2, -0.15) is 4.31 Å². The van der Waals surface area contributed by atoms with Crippen molar-refractivity contribution in [3.8, 4) is 5.75 Å². The Morgan fingerprint density at radius 2 is 1.80 bits per heavy atom. The van der Waals surface area contributed by atoms with Gasteiger partial charge in [-0.15, -0.1) is 0 Å². The van der Waals surface area contributed by atoms with Gasteiger partial charge in [0, 0.05) is 37.3 Å². The van der Waals surface area contributed by atoms with Crippen molar-refractivity contribution in [3.05, 3.63) is 58.6 Å². The Labute approximate surface area is 183 Å². The molecule has 2 aromatic carbocycles. The van der Waals surface area contributed by atoms with E-state index in [1.165, 1.54) is 22.4 Å². The summed E-state index contributed by atoms with van der Waals surface area (Å²) in [6.07, 6.45) is 3.72. The summed E-state index contributed by atoms with van der Waals surface area (Å²) in [5.41, 5.74) is 1.19. The van der Waals surface area contributed by atoms with Gasteiger partial charge in [0.05, 0.1) is 7.11 Å². The summed E-state index contributed by atoms with van der Waals surface area (Å²) in [6.45, 7) is 1.33. The second-order valence-electron chi connectivity index (χ2n) is 7.48. The summed E-state index contributed by atoms with van der Waals surface area (Å²) in [7, 11) is -0.643. The van der Waals surface area contributed by atoms with E-state index in [1.807, 2.05) is 12.1 Å². The van der Waals surface area contributed by atoms with Gasteiger partial charge in [-0.1, -0.05) is 36.6 Å². The van der Waals surface area contributed by atoms with Gasteiger partial charge in [0.25, 0.3) is 5.91 Å². The first-order valence-corrected chi connectivity index (χ1v) is 11.8. The van der Waals surface area contributed by atoms with Crippen molar-refractivity contribution < 1.29 is 17.9 Å². The highest BCUT2D eigenvalue weighted by Crippen LogP contribution is 2.30. The predicted molar refractivity (Wildman–Crippen MR) is 117 cm³/mol. The zero-order valence-electron chi connectivity index (χ0n) is 17.3. The first-order valence-electron chi connectivity index (χ1n) is 10.0. The predicted octanol–water partition coefficient (Wildman–Crippen LogP) is 4.19. The van der Waals surface area contributed by atoms with Crippen molar-refractivity contribution in [2.45, 2.75) is 37.1 Å². The highest BCUT2D eigenvalue weighted by molar-refractivity contribution is 7.89. The molecule has 8 heteroatoms. The minimum absolute atomic E-state index is 0.0360. The van der Waals surface area contributed by atoms with Crippen molar-refractivity contribution >= 4 is 27.5 Å². The quantitative estimate of drug-likeness (QED) is 0.662. The van der Waals surface area contributed by atoms with Crippen LogP contribution in [-0.4, -0.2) is 50.8 Å². The van der Waals surface area contributed by atoms with E-state index in [0.29, 0.717) is 30.2 Å². The summed E-state index contributed by atoms with van der Waals surface area (Å²) < 4.78 is 33.4. The van der Waals surface area contributed by atoms with E-state index >= 15 is 0 Å². The molecule has 1 amide bonds. The number of nitrogens with zero attached hydrogens (tertiary/aromatic N) is 2. The summed E-state index contributed by atoms with van der Waals surface area (Å²) in [6, 6.07) is 11.9. The molecule has 0 unspecified atom stereocenters. The molecule has 0 atom stereocenters. The molecular weight excluding hydrogens is 424 g/mol. The monoisotopic (exact) mass is 450 g/mol. The average Bonchev–Trinajstić information content (AvgIpc) is 3.03. The van der Waals surface area contributed by atoms with Crippen LogP contribution in [0.5, 0.6) is 5.75 Å². The number of carbonyl (C=O) groups is 1. The summed E-state index contributed by atoms with van der Waals surface area (Å²) >= 11 is 6.03. The Morgan fingerprint density at radius 3 is 2.43 bits per heavy atom. The second-order valence-corrected chi connectivity index (χ2v) is 9.82. The van der Waals surface area contributed by atoms with E-state index in [9.17, 15) is 13.2 Å². The van der Waals surface area contributed by atoms with Crippen molar-refractivity contribution in [2.24, 2.45) is 0 Å². The standard InChI is InChI=1S/C22H27ClN2O4S/c1-24(16-17-8-7-9-19(23)14-17)22(26)18-10-11-20(29-2)21(15-18)30(27,28)25-12-5-3-4-6-13-25/h7-11,14-15H,3-6,12-13,16H2,1-2H3. The second kappa shape index (κ2) is 9.81. The van der Waals surface area contributed by atoms with Gasteiger partial charge in [0.1, 0.15) is 10.6 Å². The number of sulfonamides is 1. The number of ether oxygens (including phenoxy) is 1. The number of amides is 1. The van der Waals surface area contributed by atoms with Gasteiger partial charge in [0.2, 0.25) is 10.0 Å². The molecule has 1 aliphatic rings. The van der Waals surface area contributed by atoms with Crippen LogP contribution in [0.2, 0.25) is 5.02 Å². The summed E-state index contributed by atoms with van der Waals surface area (Å²) in [5, 5.41) is 0.601. The molecule has 0 aliphatic carbocycles. The minimum atomic E-state index is -3.75. The molecule has 6 nitrogen and oxygen atoms in total. The molecule has 1 heterocycles. The third-order valence-corrected chi connectivity index (χ3v) is 7.40. The Balaban J connectivity index is 1.88. The molecule has 0 radical (unpaired) electrons. The molecule has 0 N–H and O–H groups in total. The Morgan fingerprint density at radius 1 is 1.10 bits per heavy atom. The molecule has 2 aromatic rings. The maximum atomic E-state index is 13.3. The highest BCUT2D eigenvalue weighted by atomic mass is 35.5. The summed E-state index contributed by atoms with van der Waals surface area (Å²) in [4.78, 5) is 14.6. The SMILES string of the molecule is COc1ccc(C(=O)N(C)Cc2cccc(Cl)c2)cc1S(=O)(=O)N1CCCCCC1. The van der Waals surface area contributed by atoms with Gasteiger partial charge in [0.15, 0.2) is 0 Å². The smallest absolute Gasteiger partial charge is 0.253 e. The number of carbonyl (C=O) groups excluding carboxylic acids is 1. The van der Waals surface area contributed by atoms with E-state index in [4.69, 9.17) is 16.3 Å². The molecule has 0 saturated carbocycles. The van der Waals surface area contributed by atoms with Crippen molar-refractivity contribution in [3.63, 3.8) is 0 Å². The number of hydrogen-bond donors (Lipinski definition) is 0. The minimum Gasteiger partial charge on any atom is -0.495 e. The van der Waals surface area contributed by atoms with Crippen LogP contribution in [0.4, 0.5) is 0 Å². The lowest BCUT2D eigenvalue weighted by atomic mass is 10.1. The van der Waals surface area contributed by atoms with Crippen molar-refractivity contribution in [2.75, 3.05) is 27.2 Å². The highest BCUT2D eigenvalue weighted by Gasteiger charge is 2.29. The van der Waals surface area contributed by atoms with E-state index in [-0.39, 0.29) is 16.6 Å². The normalized spacial score (nSPS) is 15.4. The average molecular weight is 451 g/mol. The zero-order valence-corrected chi connectivity index (χ0v) is 18.9. The fourth-order valence-electron chi connectivity index (χ4n) is 3.63. The molecule has 3 rings (SSSR count). The van der Waals surface area contributed by atoms with Crippen molar-refractivity contribution in [1.82, 2.24) is 9.21 Å². The lowest BCUT2D eigenvalue weighted by molar-refractivity contribution is 0.0785. The Kier molecular flexibility index (Phi) is 7.39. The molecule has 1 fully saturated rings. The van der Waals surface area contributed by atoms with Crippen LogP contribution in [0, 0.1) is 0 Å². The maximum Gasteiger partial charge on any atom is 0.253 e.